The molecule has 1 fully saturated rings. The van der Waals surface area contributed by atoms with Crippen LogP contribution < -0.4 is 16.6 Å². The van der Waals surface area contributed by atoms with E-state index < -0.39 is 74.6 Å². The summed E-state index contributed by atoms with van der Waals surface area (Å²) in [5, 5.41) is 3.35. The van der Waals surface area contributed by atoms with Crippen LogP contribution in [0.25, 0.3) is 0 Å². The average molecular weight is 752 g/mol. The second-order valence-corrected chi connectivity index (χ2v) is 27.1. The molecule has 278 valence electrons. The summed E-state index contributed by atoms with van der Waals surface area (Å²) in [6, 6.07) is 9.17. The molecule has 0 bridgehead atoms. The van der Waals surface area contributed by atoms with Gasteiger partial charge in [-0.2, -0.15) is 8.42 Å². The van der Waals surface area contributed by atoms with Gasteiger partial charge in [0.05, 0.1) is 17.7 Å². The minimum atomic E-state index is -4.38. The molecule has 0 saturated carbocycles. The van der Waals surface area contributed by atoms with E-state index in [1.807, 2.05) is 64.2 Å². The number of benzene rings is 1. The smallest absolute Gasteiger partial charge is 0.332 e. The van der Waals surface area contributed by atoms with E-state index in [2.05, 4.69) is 39.2 Å². The van der Waals surface area contributed by atoms with Gasteiger partial charge in [-0.05, 0) is 48.8 Å². The molecule has 3 heterocycles. The Balaban J connectivity index is 1.87. The van der Waals surface area contributed by atoms with E-state index in [4.69, 9.17) is 22.5 Å². The maximum Gasteiger partial charge on any atom is 0.332 e. The van der Waals surface area contributed by atoms with Crippen LogP contribution in [0.15, 0.2) is 57.2 Å². The third-order valence-corrected chi connectivity index (χ3v) is 20.4. The summed E-state index contributed by atoms with van der Waals surface area (Å²) in [7, 11) is -8.27. The minimum Gasteiger partial charge on any atom is -0.460 e. The fourth-order valence-corrected chi connectivity index (χ4v) is 8.90. The van der Waals surface area contributed by atoms with Crippen LogP contribution in [0.4, 0.5) is 0 Å². The Hall–Kier alpha value is -2.87. The van der Waals surface area contributed by atoms with Crippen molar-refractivity contribution in [2.24, 2.45) is 7.05 Å². The van der Waals surface area contributed by atoms with E-state index in [9.17, 15) is 22.8 Å². The monoisotopic (exact) mass is 751 g/mol. The number of aryl methyl sites for hydroxylation is 1. The van der Waals surface area contributed by atoms with Gasteiger partial charge < -0.3 is 23.6 Å². The molecule has 2 aliphatic rings. The van der Waals surface area contributed by atoms with Crippen molar-refractivity contribution in [1.82, 2.24) is 14.5 Å². The highest BCUT2D eigenvalue weighted by Gasteiger charge is 2.68. The van der Waals surface area contributed by atoms with Crippen LogP contribution in [0.1, 0.15) is 58.9 Å². The molecule has 0 amide bonds. The fourth-order valence-electron chi connectivity index (χ4n) is 5.34. The van der Waals surface area contributed by atoms with Crippen LogP contribution in [-0.4, -0.2) is 71.1 Å². The number of rotatable bonds is 11. The molecule has 2 aromatic rings. The first kappa shape index (κ1) is 39.9. The maximum atomic E-state index is 13.7. The number of esters is 1. The van der Waals surface area contributed by atoms with Crippen molar-refractivity contribution in [2.75, 3.05) is 13.2 Å². The summed E-state index contributed by atoms with van der Waals surface area (Å²) in [6.07, 6.45) is -2.25. The number of hydrogen-bond acceptors (Lipinski definition) is 11. The Bertz CT molecular complexity index is 1840. The topological polar surface area (TPSA) is 153 Å². The third-order valence-electron chi connectivity index (χ3n) is 10.5. The first-order chi connectivity index (χ1) is 22.8. The molecule has 13 nitrogen and oxygen atoms in total. The van der Waals surface area contributed by atoms with Gasteiger partial charge in [0.25, 0.3) is 15.7 Å². The summed E-state index contributed by atoms with van der Waals surface area (Å²) >= 11 is 0. The Labute approximate surface area is 297 Å². The quantitative estimate of drug-likeness (QED) is 0.197. The van der Waals surface area contributed by atoms with Crippen molar-refractivity contribution in [3.05, 3.63) is 79.6 Å². The Morgan fingerprint density at radius 2 is 1.60 bits per heavy atom. The van der Waals surface area contributed by atoms with Gasteiger partial charge in [-0.1, -0.05) is 71.9 Å². The summed E-state index contributed by atoms with van der Waals surface area (Å²) < 4.78 is 61.2. The number of nitrogens with one attached hydrogen (secondary N) is 1. The van der Waals surface area contributed by atoms with E-state index in [1.165, 1.54) is 17.8 Å². The van der Waals surface area contributed by atoms with Crippen LogP contribution in [0.5, 0.6) is 0 Å². The van der Waals surface area contributed by atoms with Crippen molar-refractivity contribution in [3.8, 4) is 0 Å². The molecule has 2 aliphatic heterocycles. The van der Waals surface area contributed by atoms with Crippen molar-refractivity contribution >= 4 is 32.7 Å². The zero-order valence-electron chi connectivity index (χ0n) is 31.3. The van der Waals surface area contributed by atoms with Gasteiger partial charge in [0.15, 0.2) is 28.5 Å². The molecule has 0 aliphatic carbocycles. The Morgan fingerprint density at radius 3 is 2.18 bits per heavy atom. The minimum absolute atomic E-state index is 0.0128. The highest BCUT2D eigenvalue weighted by Crippen LogP contribution is 2.52. The lowest BCUT2D eigenvalue weighted by atomic mass is 9.89. The SMILES string of the molecule is Cc1cn(C2OC(CO[Si](C)(C)C(C)(C)C)C3(OS(=O)(=O)C=C3NCC(=O)OCc3ccccc3)C2O[Si](C)(C)C(C)(C)C)c(=O)n(C)c1=O. The highest BCUT2D eigenvalue weighted by atomic mass is 32.2. The molecular weight excluding hydrogens is 699 g/mol. The number of ether oxygens (including phenoxy) is 2. The van der Waals surface area contributed by atoms with Crippen LogP contribution in [0.3, 0.4) is 0 Å². The van der Waals surface area contributed by atoms with Crippen molar-refractivity contribution < 1.29 is 35.7 Å². The number of nitrogens with zero attached hydrogens (tertiary/aromatic N) is 2. The Kier molecular flexibility index (Phi) is 11.1. The fraction of sp³-hybridized carbons (Fsp3) is 0.618. The molecule has 50 heavy (non-hydrogen) atoms. The van der Waals surface area contributed by atoms with E-state index in [1.54, 1.807) is 6.92 Å². The molecule has 1 saturated heterocycles. The first-order valence-electron chi connectivity index (χ1n) is 16.7. The van der Waals surface area contributed by atoms with E-state index in [0.717, 1.165) is 15.5 Å². The summed E-state index contributed by atoms with van der Waals surface area (Å²) in [5.41, 5.74) is -2.00. The van der Waals surface area contributed by atoms with Gasteiger partial charge >= 0.3 is 11.7 Å². The standard InChI is InChI=1S/C34H53N3O10SSi2/c1-23-19-37(31(40)36(8)29(23)39)30-28(46-50(11,12)33(5,6)7)34(26(45-30)21-44-49(9,10)32(2,3)4)25(22-48(41,42)47-34)35-18-27(38)43-20-24-16-14-13-15-17-24/h13-17,19,22,26,28,30,35H,18,20-21H2,1-12H3. The Morgan fingerprint density at radius 1 is 1.00 bits per heavy atom. The molecular formula is C34H53N3O10SSi2. The number of carbonyl (C=O) groups excluding carboxylic acids is 1. The van der Waals surface area contributed by atoms with E-state index in [-0.39, 0.29) is 34.6 Å². The normalized spacial score (nSPS) is 24.0. The predicted molar refractivity (Wildman–Crippen MR) is 195 cm³/mol. The number of aromatic nitrogens is 2. The van der Waals surface area contributed by atoms with Crippen molar-refractivity contribution in [2.45, 2.75) is 115 Å². The van der Waals surface area contributed by atoms with Crippen molar-refractivity contribution in [1.29, 1.82) is 0 Å². The summed E-state index contributed by atoms with van der Waals surface area (Å²) in [6.45, 7) is 21.5. The van der Waals surface area contributed by atoms with Gasteiger partial charge in [-0.15, -0.1) is 0 Å². The molecule has 1 aromatic carbocycles. The van der Waals surface area contributed by atoms with Crippen molar-refractivity contribution in [3.63, 3.8) is 0 Å². The van der Waals surface area contributed by atoms with Crippen LogP contribution >= 0.6 is 0 Å². The molecule has 4 atom stereocenters. The highest BCUT2D eigenvalue weighted by molar-refractivity contribution is 7.90. The third kappa shape index (κ3) is 7.95. The zero-order valence-corrected chi connectivity index (χ0v) is 34.1. The first-order valence-corrected chi connectivity index (χ1v) is 24.0. The zero-order chi connectivity index (χ0) is 37.7. The van der Waals surface area contributed by atoms with Crippen LogP contribution in [0.2, 0.25) is 36.3 Å². The van der Waals surface area contributed by atoms with Gasteiger partial charge in [-0.25, -0.2) is 8.98 Å². The molecule has 1 aromatic heterocycles. The molecule has 16 heteroatoms. The molecule has 1 spiro atoms. The number of hydrogen-bond donors (Lipinski definition) is 1. The molecule has 0 radical (unpaired) electrons. The van der Waals surface area contributed by atoms with Crippen LogP contribution in [-0.2, 0) is 51.1 Å². The molecule has 4 unspecified atom stereocenters. The van der Waals surface area contributed by atoms with Gasteiger partial charge in [-0.3, -0.25) is 18.7 Å². The molecule has 4 rings (SSSR count). The summed E-state index contributed by atoms with van der Waals surface area (Å²) in [4.78, 5) is 39.5. The van der Waals surface area contributed by atoms with Crippen LogP contribution in [0, 0.1) is 6.92 Å². The maximum absolute atomic E-state index is 13.7. The average Bonchev–Trinajstić information content (AvgIpc) is 3.45. The van der Waals surface area contributed by atoms with E-state index >= 15 is 0 Å². The predicted octanol–water partition coefficient (Wildman–Crippen LogP) is 4.44. The molecule has 1 N–H and O–H groups in total. The number of carbonyl (C=O) groups is 1. The van der Waals surface area contributed by atoms with E-state index in [0.29, 0.717) is 0 Å². The van der Waals surface area contributed by atoms with Gasteiger partial charge in [0, 0.05) is 18.8 Å². The summed E-state index contributed by atoms with van der Waals surface area (Å²) in [5.74, 6) is -0.634. The lowest BCUT2D eigenvalue weighted by Gasteiger charge is -2.44. The second-order valence-electron chi connectivity index (χ2n) is 16.2. The lowest BCUT2D eigenvalue weighted by molar-refractivity contribution is -0.143. The lowest BCUT2D eigenvalue weighted by Crippen LogP contribution is -2.60. The van der Waals surface area contributed by atoms with Gasteiger partial charge in [0.1, 0.15) is 25.4 Å². The second kappa shape index (κ2) is 13.9. The largest absolute Gasteiger partial charge is 0.460 e. The van der Waals surface area contributed by atoms with Gasteiger partial charge in [0.2, 0.25) is 0 Å².